The molecule has 5 unspecified atom stereocenters. The summed E-state index contributed by atoms with van der Waals surface area (Å²) in [6.45, 7) is 13.4. The van der Waals surface area contributed by atoms with Gasteiger partial charge in [-0.2, -0.15) is 0 Å². The standard InChI is InChI=1S/C19H36N2/c1-5-19(4)13-20-18(8-14(2)3)12-21(19)11-17-10-15-6-7-16(17)9-15/h14-18,20H,5-13H2,1-4H3. The molecule has 2 saturated carbocycles. The number of hydrogen-bond donors (Lipinski definition) is 1. The summed E-state index contributed by atoms with van der Waals surface area (Å²) in [6.07, 6.45) is 8.74. The number of piperazine rings is 1. The van der Waals surface area contributed by atoms with Crippen molar-refractivity contribution >= 4 is 0 Å². The summed E-state index contributed by atoms with van der Waals surface area (Å²) >= 11 is 0. The molecule has 3 fully saturated rings. The number of nitrogens with zero attached hydrogens (tertiary/aromatic N) is 1. The molecule has 0 spiro atoms. The molecule has 2 aliphatic carbocycles. The van der Waals surface area contributed by atoms with Gasteiger partial charge in [0.25, 0.3) is 0 Å². The van der Waals surface area contributed by atoms with Crippen molar-refractivity contribution in [1.82, 2.24) is 10.2 Å². The van der Waals surface area contributed by atoms with Gasteiger partial charge < -0.3 is 5.32 Å². The van der Waals surface area contributed by atoms with Gasteiger partial charge in [0.2, 0.25) is 0 Å². The summed E-state index contributed by atoms with van der Waals surface area (Å²) in [5, 5.41) is 3.84. The summed E-state index contributed by atoms with van der Waals surface area (Å²) in [6, 6.07) is 0.711. The fraction of sp³-hybridized carbons (Fsp3) is 1.00. The fourth-order valence-corrected chi connectivity index (χ4v) is 5.28. The second-order valence-corrected chi connectivity index (χ2v) is 8.90. The highest BCUT2D eigenvalue weighted by molar-refractivity contribution is 4.99. The zero-order chi connectivity index (χ0) is 15.0. The first-order chi connectivity index (χ1) is 10.00. The van der Waals surface area contributed by atoms with E-state index in [4.69, 9.17) is 0 Å². The molecule has 2 bridgehead atoms. The van der Waals surface area contributed by atoms with Crippen molar-refractivity contribution in [3.05, 3.63) is 0 Å². The van der Waals surface area contributed by atoms with Crippen LogP contribution < -0.4 is 5.32 Å². The van der Waals surface area contributed by atoms with Gasteiger partial charge in [-0.3, -0.25) is 4.90 Å². The minimum absolute atomic E-state index is 0.384. The van der Waals surface area contributed by atoms with Crippen LogP contribution in [0.2, 0.25) is 0 Å². The Hall–Kier alpha value is -0.0800. The molecule has 5 atom stereocenters. The average Bonchev–Trinajstić information content (AvgIpc) is 3.04. The maximum Gasteiger partial charge on any atom is 0.0304 e. The Kier molecular flexibility index (Phi) is 4.66. The van der Waals surface area contributed by atoms with E-state index in [1.807, 2.05) is 0 Å². The van der Waals surface area contributed by atoms with Crippen LogP contribution in [0.25, 0.3) is 0 Å². The van der Waals surface area contributed by atoms with E-state index in [0.29, 0.717) is 11.6 Å². The van der Waals surface area contributed by atoms with E-state index in [0.717, 1.165) is 23.7 Å². The minimum Gasteiger partial charge on any atom is -0.311 e. The first-order valence-electron chi connectivity index (χ1n) is 9.48. The number of hydrogen-bond acceptors (Lipinski definition) is 2. The largest absolute Gasteiger partial charge is 0.311 e. The third-order valence-corrected chi connectivity index (χ3v) is 6.83. The predicted molar refractivity (Wildman–Crippen MR) is 90.5 cm³/mol. The van der Waals surface area contributed by atoms with Crippen molar-refractivity contribution in [1.29, 1.82) is 0 Å². The molecule has 0 radical (unpaired) electrons. The van der Waals surface area contributed by atoms with Gasteiger partial charge >= 0.3 is 0 Å². The molecule has 21 heavy (non-hydrogen) atoms. The van der Waals surface area contributed by atoms with E-state index in [2.05, 4.69) is 37.9 Å². The van der Waals surface area contributed by atoms with Crippen molar-refractivity contribution in [2.75, 3.05) is 19.6 Å². The van der Waals surface area contributed by atoms with Crippen molar-refractivity contribution in [3.8, 4) is 0 Å². The second-order valence-electron chi connectivity index (χ2n) is 8.90. The Balaban J connectivity index is 1.63. The summed E-state index contributed by atoms with van der Waals surface area (Å²) in [7, 11) is 0. The van der Waals surface area contributed by atoms with E-state index in [1.54, 1.807) is 6.42 Å². The van der Waals surface area contributed by atoms with Gasteiger partial charge in [0.05, 0.1) is 0 Å². The van der Waals surface area contributed by atoms with Crippen LogP contribution in [0.5, 0.6) is 0 Å². The third-order valence-electron chi connectivity index (χ3n) is 6.83. The lowest BCUT2D eigenvalue weighted by Gasteiger charge is -2.50. The summed E-state index contributed by atoms with van der Waals surface area (Å²) < 4.78 is 0. The topological polar surface area (TPSA) is 15.3 Å². The molecule has 0 aromatic carbocycles. The van der Waals surface area contributed by atoms with E-state index in [1.165, 1.54) is 51.7 Å². The van der Waals surface area contributed by atoms with Gasteiger partial charge in [0, 0.05) is 31.2 Å². The lowest BCUT2D eigenvalue weighted by atomic mass is 9.84. The number of rotatable bonds is 5. The first kappa shape index (κ1) is 15.8. The normalized spacial score (nSPS) is 43.9. The number of nitrogens with one attached hydrogen (secondary N) is 1. The average molecular weight is 293 g/mol. The Bertz CT molecular complexity index is 353. The Morgan fingerprint density at radius 1 is 1.24 bits per heavy atom. The third kappa shape index (κ3) is 3.32. The van der Waals surface area contributed by atoms with Crippen LogP contribution in [0, 0.1) is 23.7 Å². The molecule has 3 rings (SSSR count). The Labute approximate surface area is 132 Å². The van der Waals surface area contributed by atoms with Crippen LogP contribution in [-0.2, 0) is 0 Å². The van der Waals surface area contributed by atoms with Gasteiger partial charge in [-0.1, -0.05) is 27.2 Å². The minimum atomic E-state index is 0.384. The molecule has 0 aromatic rings. The highest BCUT2D eigenvalue weighted by atomic mass is 15.3. The molecule has 1 aliphatic heterocycles. The maximum atomic E-state index is 3.84. The van der Waals surface area contributed by atoms with Gasteiger partial charge in [0.15, 0.2) is 0 Å². The molecular weight excluding hydrogens is 256 g/mol. The van der Waals surface area contributed by atoms with Gasteiger partial charge in [0.1, 0.15) is 0 Å². The molecule has 0 amide bonds. The van der Waals surface area contributed by atoms with Crippen LogP contribution in [0.15, 0.2) is 0 Å². The quantitative estimate of drug-likeness (QED) is 0.826. The van der Waals surface area contributed by atoms with E-state index < -0.39 is 0 Å². The molecule has 122 valence electrons. The second kappa shape index (κ2) is 6.20. The van der Waals surface area contributed by atoms with Crippen LogP contribution in [0.4, 0.5) is 0 Å². The van der Waals surface area contributed by atoms with Crippen molar-refractivity contribution in [3.63, 3.8) is 0 Å². The van der Waals surface area contributed by atoms with Crippen LogP contribution >= 0.6 is 0 Å². The first-order valence-corrected chi connectivity index (χ1v) is 9.48. The van der Waals surface area contributed by atoms with Gasteiger partial charge in [-0.05, 0) is 62.7 Å². The molecule has 1 heterocycles. The summed E-state index contributed by atoms with van der Waals surface area (Å²) in [4.78, 5) is 2.88. The molecule has 1 saturated heterocycles. The fourth-order valence-electron chi connectivity index (χ4n) is 5.28. The van der Waals surface area contributed by atoms with Crippen molar-refractivity contribution in [2.24, 2.45) is 23.7 Å². The lowest BCUT2D eigenvalue weighted by molar-refractivity contribution is 0.0229. The highest BCUT2D eigenvalue weighted by Crippen LogP contribution is 2.49. The molecule has 2 nitrogen and oxygen atoms in total. The predicted octanol–water partition coefficient (Wildman–Crippen LogP) is 3.91. The van der Waals surface area contributed by atoms with Crippen LogP contribution in [0.1, 0.15) is 66.2 Å². The van der Waals surface area contributed by atoms with Crippen molar-refractivity contribution < 1.29 is 0 Å². The van der Waals surface area contributed by atoms with Crippen molar-refractivity contribution in [2.45, 2.75) is 77.8 Å². The monoisotopic (exact) mass is 292 g/mol. The maximum absolute atomic E-state index is 3.84. The SMILES string of the molecule is CCC1(C)CNC(CC(C)C)CN1CC1CC2CCC1C2. The number of fused-ring (bicyclic) bond motifs is 2. The van der Waals surface area contributed by atoms with E-state index in [9.17, 15) is 0 Å². The Morgan fingerprint density at radius 2 is 2.05 bits per heavy atom. The molecular formula is C19H36N2. The Morgan fingerprint density at radius 3 is 2.62 bits per heavy atom. The molecule has 2 heteroatoms. The molecule has 3 aliphatic rings. The zero-order valence-electron chi connectivity index (χ0n) is 14.7. The van der Waals surface area contributed by atoms with Crippen LogP contribution in [-0.4, -0.2) is 36.1 Å². The summed E-state index contributed by atoms with van der Waals surface area (Å²) in [5.41, 5.74) is 0.384. The van der Waals surface area contributed by atoms with Gasteiger partial charge in [-0.15, -0.1) is 0 Å². The van der Waals surface area contributed by atoms with Crippen LogP contribution in [0.3, 0.4) is 0 Å². The highest BCUT2D eigenvalue weighted by Gasteiger charge is 2.43. The zero-order valence-corrected chi connectivity index (χ0v) is 14.7. The van der Waals surface area contributed by atoms with E-state index in [-0.39, 0.29) is 0 Å². The summed E-state index contributed by atoms with van der Waals surface area (Å²) in [5.74, 6) is 3.96. The molecule has 0 aromatic heterocycles. The van der Waals surface area contributed by atoms with E-state index >= 15 is 0 Å². The smallest absolute Gasteiger partial charge is 0.0304 e. The van der Waals surface area contributed by atoms with Gasteiger partial charge in [-0.25, -0.2) is 0 Å². The lowest BCUT2D eigenvalue weighted by Crippen LogP contribution is -2.64. The molecule has 1 N–H and O–H groups in total.